The van der Waals surface area contributed by atoms with Crippen LogP contribution in [0.3, 0.4) is 0 Å². The molecule has 11 heteroatoms. The number of benzene rings is 1. The third kappa shape index (κ3) is 9.58. The molecule has 4 rings (SSSR count). The Morgan fingerprint density at radius 1 is 1.17 bits per heavy atom. The molecule has 0 radical (unpaired) electrons. The number of nitrogens with two attached hydrogens (primary N) is 1. The van der Waals surface area contributed by atoms with Crippen molar-refractivity contribution in [2.45, 2.75) is 77.1 Å². The topological polar surface area (TPSA) is 126 Å². The lowest BCUT2D eigenvalue weighted by Crippen LogP contribution is -2.48. The van der Waals surface area contributed by atoms with E-state index in [1.54, 1.807) is 22.4 Å². The molecular formula is C30H46N4O5S2. The van der Waals surface area contributed by atoms with Crippen LogP contribution in [0.5, 0.6) is 0 Å². The van der Waals surface area contributed by atoms with Gasteiger partial charge in [0.1, 0.15) is 5.56 Å². The number of rotatable bonds is 11. The first-order valence-corrected chi connectivity index (χ1v) is 17.2. The average molecular weight is 607 g/mol. The molecule has 0 spiro atoms. The van der Waals surface area contributed by atoms with E-state index >= 15 is 0 Å². The third-order valence-electron chi connectivity index (χ3n) is 7.57. The van der Waals surface area contributed by atoms with E-state index in [1.807, 2.05) is 38.1 Å². The highest BCUT2D eigenvalue weighted by molar-refractivity contribution is 7.99. The number of primary amides is 1. The molecule has 1 amide bonds. The van der Waals surface area contributed by atoms with Crippen molar-refractivity contribution >= 4 is 38.6 Å². The van der Waals surface area contributed by atoms with E-state index < -0.39 is 22.0 Å². The summed E-state index contributed by atoms with van der Waals surface area (Å²) in [7, 11) is -3.25. The van der Waals surface area contributed by atoms with Crippen molar-refractivity contribution in [2.24, 2.45) is 5.73 Å². The number of aromatic nitrogens is 1. The van der Waals surface area contributed by atoms with Gasteiger partial charge in [-0.05, 0) is 62.8 Å². The Kier molecular flexibility index (Phi) is 13.9. The molecule has 228 valence electrons. The number of fused-ring (bicyclic) bond motifs is 3. The molecule has 2 aliphatic rings. The van der Waals surface area contributed by atoms with Crippen molar-refractivity contribution in [1.82, 2.24) is 13.8 Å². The molecule has 3 atom stereocenters. The van der Waals surface area contributed by atoms with Gasteiger partial charge in [-0.15, -0.1) is 12.8 Å². The first-order valence-electron chi connectivity index (χ1n) is 14.2. The van der Waals surface area contributed by atoms with Crippen molar-refractivity contribution in [3.8, 4) is 12.8 Å². The number of thioether (sulfide) groups is 1. The number of pyridine rings is 1. The van der Waals surface area contributed by atoms with Crippen LogP contribution in [0.1, 0.15) is 69.3 Å². The summed E-state index contributed by atoms with van der Waals surface area (Å²) in [6.07, 6.45) is 14.9. The first kappa shape index (κ1) is 34.8. The van der Waals surface area contributed by atoms with Gasteiger partial charge in [-0.2, -0.15) is 16.1 Å². The monoisotopic (exact) mass is 606 g/mol. The average Bonchev–Trinajstić information content (AvgIpc) is 3.12. The number of hydrogen-bond donors (Lipinski definition) is 2. The highest BCUT2D eigenvalue weighted by atomic mass is 32.2. The maximum absolute atomic E-state index is 12.1. The fraction of sp³-hybridized carbons (Fsp3) is 0.600. The van der Waals surface area contributed by atoms with Crippen LogP contribution in [-0.4, -0.2) is 88.8 Å². The summed E-state index contributed by atoms with van der Waals surface area (Å²) in [5.74, 6) is 1.08. The lowest BCUT2D eigenvalue weighted by molar-refractivity contribution is 0.0534. The molecule has 2 fully saturated rings. The number of hydrogen-bond acceptors (Lipinski definition) is 7. The highest BCUT2D eigenvalue weighted by Gasteiger charge is 2.37. The van der Waals surface area contributed by atoms with Crippen LogP contribution in [-0.2, 0) is 10.0 Å². The van der Waals surface area contributed by atoms with Crippen molar-refractivity contribution in [2.75, 3.05) is 37.4 Å². The Labute approximate surface area is 249 Å². The van der Waals surface area contributed by atoms with Crippen molar-refractivity contribution in [3.05, 3.63) is 46.2 Å². The molecule has 2 aliphatic heterocycles. The summed E-state index contributed by atoms with van der Waals surface area (Å²) in [5, 5.41) is 11.2. The van der Waals surface area contributed by atoms with Crippen LogP contribution < -0.4 is 11.3 Å². The van der Waals surface area contributed by atoms with Gasteiger partial charge in [0.2, 0.25) is 10.0 Å². The largest absolute Gasteiger partial charge is 0.390 e. The van der Waals surface area contributed by atoms with Gasteiger partial charge in [-0.3, -0.25) is 14.5 Å². The van der Waals surface area contributed by atoms with E-state index in [2.05, 4.69) is 24.7 Å². The number of nitrogens with zero attached hydrogens (tertiary/aromatic N) is 3. The number of aliphatic hydroxyl groups is 1. The SMILES string of the molecule is C#C.CC(C)n1c(=O)c(C(N)=O)cc2ccccc21.CCSCCN(CC(O)CN1[C@@H]2CCC[C@H]1CC2)S(C)(=O)=O. The Hall–Kier alpha value is -2.36. The minimum Gasteiger partial charge on any atom is -0.390 e. The Morgan fingerprint density at radius 3 is 2.32 bits per heavy atom. The number of piperidine rings is 1. The summed E-state index contributed by atoms with van der Waals surface area (Å²) in [4.78, 5) is 25.8. The van der Waals surface area contributed by atoms with E-state index in [0.29, 0.717) is 25.2 Å². The molecule has 2 bridgehead atoms. The Bertz CT molecular complexity index is 1310. The van der Waals surface area contributed by atoms with Crippen molar-refractivity contribution in [3.63, 3.8) is 0 Å². The predicted octanol–water partition coefficient (Wildman–Crippen LogP) is 3.31. The van der Waals surface area contributed by atoms with E-state index in [-0.39, 0.29) is 23.7 Å². The van der Waals surface area contributed by atoms with Gasteiger partial charge in [0.05, 0.1) is 17.9 Å². The summed E-state index contributed by atoms with van der Waals surface area (Å²) in [6, 6.07) is 10.2. The van der Waals surface area contributed by atoms with E-state index in [4.69, 9.17) is 5.73 Å². The summed E-state index contributed by atoms with van der Waals surface area (Å²) in [6.45, 7) is 7.19. The van der Waals surface area contributed by atoms with Gasteiger partial charge in [0.15, 0.2) is 0 Å². The fourth-order valence-electron chi connectivity index (χ4n) is 5.74. The molecule has 1 aromatic heterocycles. The number of carbonyl (C=O) groups excluding carboxylic acids is 1. The zero-order chi connectivity index (χ0) is 30.7. The maximum atomic E-state index is 12.1. The Morgan fingerprint density at radius 2 is 1.78 bits per heavy atom. The Balaban J connectivity index is 0.000000278. The zero-order valence-electron chi connectivity index (χ0n) is 24.7. The number of para-hydroxylation sites is 1. The van der Waals surface area contributed by atoms with Crippen LogP contribution in [0.25, 0.3) is 10.9 Å². The third-order valence-corrected chi connectivity index (χ3v) is 9.72. The van der Waals surface area contributed by atoms with Crippen LogP contribution in [0.4, 0.5) is 0 Å². The van der Waals surface area contributed by atoms with Crippen LogP contribution in [0.2, 0.25) is 0 Å². The molecule has 9 nitrogen and oxygen atoms in total. The van der Waals surface area contributed by atoms with Crippen molar-refractivity contribution in [1.29, 1.82) is 0 Å². The number of sulfonamides is 1. The smallest absolute Gasteiger partial charge is 0.264 e. The van der Waals surface area contributed by atoms with Gasteiger partial charge >= 0.3 is 0 Å². The zero-order valence-corrected chi connectivity index (χ0v) is 26.4. The minimum absolute atomic E-state index is 0.0216. The van der Waals surface area contributed by atoms with Gasteiger partial charge < -0.3 is 15.4 Å². The van der Waals surface area contributed by atoms with Gasteiger partial charge in [-0.1, -0.05) is 31.5 Å². The lowest BCUT2D eigenvalue weighted by atomic mass is 10.0. The van der Waals surface area contributed by atoms with Gasteiger partial charge in [-0.25, -0.2) is 8.42 Å². The second-order valence-corrected chi connectivity index (χ2v) is 14.1. The molecule has 1 aromatic carbocycles. The molecule has 1 unspecified atom stereocenters. The highest BCUT2D eigenvalue weighted by Crippen LogP contribution is 2.35. The standard InChI is InChI=1S/C15H30N2O3S2.C13H14N2O2.C2H2/c1-3-21-10-9-16(22(2,19)20)11-15(18)12-17-13-5-4-6-14(17)8-7-13;1-8(2)15-11-6-4-3-5-9(11)7-10(12(14)16)13(15)17;1-2/h13-15,18H,3-12H2,1-2H3;3-8H,1-2H3,(H2,14,16);1-2H/t13-,14+,15?;;. The molecule has 3 heterocycles. The lowest BCUT2D eigenvalue weighted by Gasteiger charge is -2.36. The number of carbonyl (C=O) groups is 1. The summed E-state index contributed by atoms with van der Waals surface area (Å²) >= 11 is 1.73. The summed E-state index contributed by atoms with van der Waals surface area (Å²) in [5.41, 5.74) is 5.75. The fourth-order valence-corrected chi connectivity index (χ4v) is 7.36. The quantitative estimate of drug-likeness (QED) is 0.297. The molecule has 2 aromatic rings. The maximum Gasteiger partial charge on any atom is 0.264 e. The van der Waals surface area contributed by atoms with Crippen LogP contribution in [0, 0.1) is 12.8 Å². The van der Waals surface area contributed by atoms with Crippen LogP contribution in [0.15, 0.2) is 35.1 Å². The predicted molar refractivity (Wildman–Crippen MR) is 170 cm³/mol. The van der Waals surface area contributed by atoms with E-state index in [0.717, 1.165) is 22.4 Å². The second-order valence-electron chi connectivity index (χ2n) is 10.7. The van der Waals surface area contributed by atoms with E-state index in [1.165, 1.54) is 42.7 Å². The van der Waals surface area contributed by atoms with Crippen molar-refractivity contribution < 1.29 is 18.3 Å². The normalized spacial score (nSPS) is 19.3. The molecule has 2 saturated heterocycles. The molecule has 3 N–H and O–H groups in total. The second kappa shape index (κ2) is 16.3. The van der Waals surface area contributed by atoms with Crippen LogP contribution >= 0.6 is 11.8 Å². The van der Waals surface area contributed by atoms with Gasteiger partial charge in [0.25, 0.3) is 11.5 Å². The van der Waals surface area contributed by atoms with Gasteiger partial charge in [0, 0.05) is 43.5 Å². The molecule has 0 aliphatic carbocycles. The molecular weight excluding hydrogens is 560 g/mol. The first-order chi connectivity index (χ1) is 19.4. The summed E-state index contributed by atoms with van der Waals surface area (Å²) < 4.78 is 26.8. The molecule has 41 heavy (non-hydrogen) atoms. The number of aliphatic hydroxyl groups excluding tert-OH is 1. The molecule has 0 saturated carbocycles. The van der Waals surface area contributed by atoms with E-state index in [9.17, 15) is 23.1 Å². The number of amides is 1. The number of terminal acetylenes is 1. The minimum atomic E-state index is -3.25.